The van der Waals surface area contributed by atoms with Crippen LogP contribution in [0.1, 0.15) is 35.8 Å². The van der Waals surface area contributed by atoms with Gasteiger partial charge in [-0.05, 0) is 49.9 Å². The molecule has 8 heteroatoms. The topological polar surface area (TPSA) is 58.1 Å². The Kier molecular flexibility index (Phi) is 6.51. The Morgan fingerprint density at radius 2 is 1.80 bits per heavy atom. The summed E-state index contributed by atoms with van der Waals surface area (Å²) < 4.78 is 27.4. The van der Waals surface area contributed by atoms with Crippen molar-refractivity contribution in [1.29, 1.82) is 0 Å². The number of carbonyl (C=O) groups is 1. The first-order chi connectivity index (χ1) is 13.9. The molecule has 0 radical (unpaired) electrons. The van der Waals surface area contributed by atoms with Gasteiger partial charge in [-0.25, -0.2) is 18.7 Å². The molecule has 1 saturated heterocycles. The third kappa shape index (κ3) is 4.51. The lowest BCUT2D eigenvalue weighted by atomic mass is 9.98. The molecule has 158 valence electrons. The molecule has 3 heterocycles. The van der Waals surface area contributed by atoms with E-state index in [1.54, 1.807) is 0 Å². The van der Waals surface area contributed by atoms with Crippen LogP contribution in [0.2, 0.25) is 0 Å². The minimum Gasteiger partial charge on any atom is -0.354 e. The van der Waals surface area contributed by atoms with Gasteiger partial charge >= 0.3 is 0 Å². The lowest BCUT2D eigenvalue weighted by Gasteiger charge is -2.31. The normalized spacial score (nSPS) is 14.5. The van der Waals surface area contributed by atoms with Crippen LogP contribution >= 0.6 is 12.4 Å². The molecule has 1 aliphatic heterocycles. The monoisotopic (exact) mass is 432 g/mol. The number of piperidine rings is 1. The van der Waals surface area contributed by atoms with Crippen molar-refractivity contribution >= 4 is 40.7 Å². The van der Waals surface area contributed by atoms with Crippen LogP contribution in [0.15, 0.2) is 36.5 Å². The van der Waals surface area contributed by atoms with Crippen LogP contribution < -0.4 is 5.32 Å². The summed E-state index contributed by atoms with van der Waals surface area (Å²) in [6, 6.07) is 6.82. The van der Waals surface area contributed by atoms with Crippen LogP contribution in [0.4, 0.5) is 20.2 Å². The fourth-order valence-electron chi connectivity index (χ4n) is 3.62. The van der Waals surface area contributed by atoms with Gasteiger partial charge < -0.3 is 10.2 Å². The van der Waals surface area contributed by atoms with E-state index in [0.717, 1.165) is 24.6 Å². The number of halogens is 3. The highest BCUT2D eigenvalue weighted by molar-refractivity contribution is 6.07. The maximum atomic E-state index is 13.7. The third-order valence-electron chi connectivity index (χ3n) is 5.30. The Bertz CT molecular complexity index is 1060. The molecule has 5 nitrogen and oxygen atoms in total. The average molecular weight is 433 g/mol. The molecule has 1 amide bonds. The number of nitrogens with zero attached hydrogens (tertiary/aromatic N) is 3. The van der Waals surface area contributed by atoms with E-state index in [4.69, 9.17) is 0 Å². The number of benzene rings is 1. The highest BCUT2D eigenvalue weighted by Crippen LogP contribution is 2.31. The van der Waals surface area contributed by atoms with E-state index in [-0.39, 0.29) is 24.0 Å². The summed E-state index contributed by atoms with van der Waals surface area (Å²) in [4.78, 5) is 23.8. The van der Waals surface area contributed by atoms with Gasteiger partial charge in [0.25, 0.3) is 5.91 Å². The number of nitrogens with one attached hydrogen (secondary N) is 1. The predicted octanol–water partition coefficient (Wildman–Crippen LogP) is 5.25. The highest BCUT2D eigenvalue weighted by atomic mass is 35.5. The number of aryl methyl sites for hydroxylation is 1. The molecule has 0 bridgehead atoms. The molecule has 1 aromatic carbocycles. The Hall–Kier alpha value is -2.80. The first-order valence-electron chi connectivity index (χ1n) is 9.69. The van der Waals surface area contributed by atoms with Crippen molar-refractivity contribution in [1.82, 2.24) is 14.9 Å². The predicted molar refractivity (Wildman–Crippen MR) is 115 cm³/mol. The summed E-state index contributed by atoms with van der Waals surface area (Å²) >= 11 is 0. The molecule has 2 aromatic heterocycles. The Morgan fingerprint density at radius 3 is 2.47 bits per heavy atom. The molecular formula is C22H23ClF2N4O. The second kappa shape index (κ2) is 8.92. The van der Waals surface area contributed by atoms with Crippen LogP contribution in [-0.2, 0) is 0 Å². The van der Waals surface area contributed by atoms with E-state index in [1.807, 2.05) is 24.0 Å². The standard InChI is InChI=1S/C22H22F2N4O.ClH/c1-13-5-7-28(8-6-13)22(29)19-12-25-21-18(4-3-14(2)26-21)20(19)27-17-10-15(23)9-16(24)11-17;/h3-4,9-13H,5-8H2,1-2H3,(H,25,26,27);1H. The Morgan fingerprint density at radius 1 is 1.13 bits per heavy atom. The smallest absolute Gasteiger partial charge is 0.257 e. The summed E-state index contributed by atoms with van der Waals surface area (Å²) in [6.07, 6.45) is 3.39. The molecule has 4 rings (SSSR count). The number of rotatable bonds is 3. The summed E-state index contributed by atoms with van der Waals surface area (Å²) in [5, 5.41) is 3.66. The number of aromatic nitrogens is 2. The lowest BCUT2D eigenvalue weighted by molar-refractivity contribution is 0.0698. The zero-order valence-corrected chi connectivity index (χ0v) is 17.6. The fraction of sp³-hybridized carbons (Fsp3) is 0.318. The molecule has 1 fully saturated rings. The molecular weight excluding hydrogens is 410 g/mol. The van der Waals surface area contributed by atoms with Crippen molar-refractivity contribution < 1.29 is 13.6 Å². The minimum absolute atomic E-state index is 0. The second-order valence-corrected chi connectivity index (χ2v) is 7.63. The summed E-state index contributed by atoms with van der Waals surface area (Å²) in [5.74, 6) is -0.949. The van der Waals surface area contributed by atoms with Crippen LogP contribution in [0, 0.1) is 24.5 Å². The van der Waals surface area contributed by atoms with E-state index < -0.39 is 11.6 Å². The average Bonchev–Trinajstić information content (AvgIpc) is 2.67. The van der Waals surface area contributed by atoms with E-state index >= 15 is 0 Å². The van der Waals surface area contributed by atoms with E-state index in [0.29, 0.717) is 41.3 Å². The quantitative estimate of drug-likeness (QED) is 0.613. The van der Waals surface area contributed by atoms with Crippen LogP contribution in [0.5, 0.6) is 0 Å². The molecule has 1 aliphatic rings. The van der Waals surface area contributed by atoms with Gasteiger partial charge in [0, 0.05) is 42.1 Å². The number of amides is 1. The van der Waals surface area contributed by atoms with E-state index in [2.05, 4.69) is 22.2 Å². The number of anilines is 2. The summed E-state index contributed by atoms with van der Waals surface area (Å²) in [5.41, 5.74) is 2.29. The number of carbonyl (C=O) groups excluding carboxylic acids is 1. The third-order valence-corrected chi connectivity index (χ3v) is 5.30. The SMILES string of the molecule is Cc1ccc2c(Nc3cc(F)cc(F)c3)c(C(=O)N3CCC(C)CC3)cnc2n1.Cl. The molecule has 0 spiro atoms. The number of pyridine rings is 2. The van der Waals surface area contributed by atoms with Gasteiger partial charge in [0.1, 0.15) is 11.6 Å². The van der Waals surface area contributed by atoms with Crippen molar-refractivity contribution in [2.45, 2.75) is 26.7 Å². The maximum Gasteiger partial charge on any atom is 0.257 e. The Balaban J connectivity index is 0.00000256. The number of fused-ring (bicyclic) bond motifs is 1. The molecule has 0 atom stereocenters. The number of hydrogen-bond donors (Lipinski definition) is 1. The van der Waals surface area contributed by atoms with E-state index in [1.165, 1.54) is 18.3 Å². The van der Waals surface area contributed by atoms with Gasteiger partial charge in [0.2, 0.25) is 0 Å². The van der Waals surface area contributed by atoms with E-state index in [9.17, 15) is 13.6 Å². The zero-order chi connectivity index (χ0) is 20.5. The van der Waals surface area contributed by atoms with Crippen LogP contribution in [0.3, 0.4) is 0 Å². The van der Waals surface area contributed by atoms with Gasteiger partial charge in [0.05, 0.1) is 11.3 Å². The van der Waals surface area contributed by atoms with Crippen molar-refractivity contribution in [2.24, 2.45) is 5.92 Å². The molecule has 0 unspecified atom stereocenters. The lowest BCUT2D eigenvalue weighted by Crippen LogP contribution is -2.38. The van der Waals surface area contributed by atoms with Gasteiger partial charge in [-0.2, -0.15) is 0 Å². The van der Waals surface area contributed by atoms with Crippen LogP contribution in [0.25, 0.3) is 11.0 Å². The van der Waals surface area contributed by atoms with Gasteiger partial charge in [-0.1, -0.05) is 6.92 Å². The minimum atomic E-state index is -0.697. The van der Waals surface area contributed by atoms with Crippen LogP contribution in [-0.4, -0.2) is 33.9 Å². The number of likely N-dealkylation sites (tertiary alicyclic amines) is 1. The highest BCUT2D eigenvalue weighted by Gasteiger charge is 2.25. The molecule has 0 aliphatic carbocycles. The largest absolute Gasteiger partial charge is 0.354 e. The van der Waals surface area contributed by atoms with Crippen molar-refractivity contribution in [3.05, 3.63) is 59.4 Å². The maximum absolute atomic E-state index is 13.7. The van der Waals surface area contributed by atoms with Crippen molar-refractivity contribution in [3.8, 4) is 0 Å². The molecule has 30 heavy (non-hydrogen) atoms. The van der Waals surface area contributed by atoms with Gasteiger partial charge in [0.15, 0.2) is 5.65 Å². The number of hydrogen-bond acceptors (Lipinski definition) is 4. The van der Waals surface area contributed by atoms with Crippen molar-refractivity contribution in [2.75, 3.05) is 18.4 Å². The summed E-state index contributed by atoms with van der Waals surface area (Å²) in [7, 11) is 0. The van der Waals surface area contributed by atoms with Gasteiger partial charge in [-0.15, -0.1) is 12.4 Å². The first kappa shape index (κ1) is 21.9. The van der Waals surface area contributed by atoms with Gasteiger partial charge in [-0.3, -0.25) is 4.79 Å². The zero-order valence-electron chi connectivity index (χ0n) is 16.8. The van der Waals surface area contributed by atoms with Crippen molar-refractivity contribution in [3.63, 3.8) is 0 Å². The Labute approximate surface area is 179 Å². The summed E-state index contributed by atoms with van der Waals surface area (Å²) in [6.45, 7) is 5.39. The molecule has 1 N–H and O–H groups in total. The second-order valence-electron chi connectivity index (χ2n) is 7.63. The first-order valence-corrected chi connectivity index (χ1v) is 9.69. The fourth-order valence-corrected chi connectivity index (χ4v) is 3.62. The molecule has 0 saturated carbocycles. The molecule has 3 aromatic rings.